The highest BCUT2D eigenvalue weighted by Crippen LogP contribution is 2.31. The summed E-state index contributed by atoms with van der Waals surface area (Å²) in [7, 11) is 0. The average Bonchev–Trinajstić information content (AvgIpc) is 3.34. The number of carbonyl (C=O) groups excluding carboxylic acids is 3. The van der Waals surface area contributed by atoms with Gasteiger partial charge in [-0.2, -0.15) is 5.10 Å². The third-order valence-corrected chi connectivity index (χ3v) is 5.29. The molecular formula is C22H22N6O3. The van der Waals surface area contributed by atoms with Crippen LogP contribution in [-0.4, -0.2) is 43.9 Å². The minimum atomic E-state index is -0.775. The fourth-order valence-corrected chi connectivity index (χ4v) is 3.75. The Balaban J connectivity index is 1.50. The Hall–Kier alpha value is -4.01. The molecular weight excluding hydrogens is 396 g/mol. The van der Waals surface area contributed by atoms with Crippen LogP contribution in [0.3, 0.4) is 0 Å². The second-order valence-corrected chi connectivity index (χ2v) is 7.33. The number of nitrogens with two attached hydrogens (primary N) is 1. The number of carbonyl (C=O) groups is 3. The van der Waals surface area contributed by atoms with Crippen LogP contribution in [0.25, 0.3) is 5.69 Å². The number of benzene rings is 1. The van der Waals surface area contributed by atoms with E-state index in [0.29, 0.717) is 6.54 Å². The van der Waals surface area contributed by atoms with Gasteiger partial charge >= 0.3 is 11.8 Å². The van der Waals surface area contributed by atoms with Crippen LogP contribution >= 0.6 is 0 Å². The minimum Gasteiger partial charge on any atom is -0.366 e. The van der Waals surface area contributed by atoms with Crippen molar-refractivity contribution < 1.29 is 14.4 Å². The Labute approximate surface area is 178 Å². The lowest BCUT2D eigenvalue weighted by Crippen LogP contribution is -2.44. The van der Waals surface area contributed by atoms with Crippen LogP contribution in [0.5, 0.6) is 0 Å². The van der Waals surface area contributed by atoms with Crippen LogP contribution in [0, 0.1) is 0 Å². The number of primary amides is 1. The molecule has 0 bridgehead atoms. The summed E-state index contributed by atoms with van der Waals surface area (Å²) < 4.78 is 1.76. The van der Waals surface area contributed by atoms with E-state index in [9.17, 15) is 14.4 Å². The molecule has 31 heavy (non-hydrogen) atoms. The zero-order chi connectivity index (χ0) is 21.8. The number of hydrogen-bond acceptors (Lipinski definition) is 5. The third kappa shape index (κ3) is 4.45. The molecule has 3 heterocycles. The van der Waals surface area contributed by atoms with Gasteiger partial charge in [-0.05, 0) is 49.1 Å². The molecule has 0 aliphatic carbocycles. The molecule has 158 valence electrons. The number of hydrogen-bond donors (Lipinski definition) is 2. The molecule has 1 atom stereocenters. The molecule has 1 aliphatic heterocycles. The van der Waals surface area contributed by atoms with Crippen molar-refractivity contribution in [2.75, 3.05) is 11.9 Å². The van der Waals surface area contributed by atoms with Gasteiger partial charge in [-0.1, -0.05) is 12.1 Å². The van der Waals surface area contributed by atoms with E-state index in [1.165, 1.54) is 18.5 Å². The molecule has 0 radical (unpaired) electrons. The van der Waals surface area contributed by atoms with Crippen LogP contribution in [0.1, 0.15) is 41.2 Å². The summed E-state index contributed by atoms with van der Waals surface area (Å²) in [6.45, 7) is 0.497. The highest BCUT2D eigenvalue weighted by Gasteiger charge is 2.32. The molecule has 1 saturated heterocycles. The van der Waals surface area contributed by atoms with Crippen LogP contribution in [-0.2, 0) is 9.59 Å². The number of aromatic nitrogens is 3. The predicted molar refractivity (Wildman–Crippen MR) is 113 cm³/mol. The first kappa shape index (κ1) is 20.3. The molecule has 0 unspecified atom stereocenters. The summed E-state index contributed by atoms with van der Waals surface area (Å²) in [5.74, 6) is -2.06. The standard InChI is InChI=1S/C22H22N6O3/c23-20(29)16-12-17(14-24-13-16)26-21(30)22(31)27-10-2-1-4-19(27)15-5-7-18(8-6-15)28-11-3-9-25-28/h3,5-9,11-14,19H,1-2,4,10H2,(H2,23,29)(H,26,30)/t19-/m0/s1. The van der Waals surface area contributed by atoms with Crippen molar-refractivity contribution in [3.8, 4) is 5.69 Å². The zero-order valence-corrected chi connectivity index (χ0v) is 16.8. The lowest BCUT2D eigenvalue weighted by Gasteiger charge is -2.35. The number of nitrogens with one attached hydrogen (secondary N) is 1. The van der Waals surface area contributed by atoms with Crippen molar-refractivity contribution in [2.24, 2.45) is 5.73 Å². The topological polar surface area (TPSA) is 123 Å². The van der Waals surface area contributed by atoms with Gasteiger partial charge < -0.3 is 16.0 Å². The summed E-state index contributed by atoms with van der Waals surface area (Å²) >= 11 is 0. The second kappa shape index (κ2) is 8.78. The van der Waals surface area contributed by atoms with Gasteiger partial charge in [0, 0.05) is 25.1 Å². The Morgan fingerprint density at radius 3 is 2.61 bits per heavy atom. The first-order chi connectivity index (χ1) is 15.0. The fraction of sp³-hybridized carbons (Fsp3) is 0.227. The first-order valence-electron chi connectivity index (χ1n) is 10.00. The minimum absolute atomic E-state index is 0.151. The number of rotatable bonds is 4. The van der Waals surface area contributed by atoms with Gasteiger partial charge in [0.1, 0.15) is 0 Å². The Bertz CT molecular complexity index is 1090. The van der Waals surface area contributed by atoms with Gasteiger partial charge in [-0.15, -0.1) is 0 Å². The van der Waals surface area contributed by atoms with E-state index in [0.717, 1.165) is 30.5 Å². The van der Waals surface area contributed by atoms with Crippen molar-refractivity contribution in [3.05, 3.63) is 72.3 Å². The summed E-state index contributed by atoms with van der Waals surface area (Å²) in [6, 6.07) is 10.9. The van der Waals surface area contributed by atoms with Crippen molar-refractivity contribution in [1.29, 1.82) is 0 Å². The van der Waals surface area contributed by atoms with Gasteiger partial charge in [0.05, 0.1) is 29.2 Å². The molecule has 3 N–H and O–H groups in total. The molecule has 3 aromatic rings. The van der Waals surface area contributed by atoms with Gasteiger partial charge in [0.15, 0.2) is 0 Å². The maximum Gasteiger partial charge on any atom is 0.313 e. The summed E-state index contributed by atoms with van der Waals surface area (Å²) in [4.78, 5) is 42.4. The SMILES string of the molecule is NC(=O)c1cncc(NC(=O)C(=O)N2CCCC[C@H]2c2ccc(-n3cccn3)cc2)c1. The van der Waals surface area contributed by atoms with Crippen molar-refractivity contribution in [2.45, 2.75) is 25.3 Å². The molecule has 2 aromatic heterocycles. The van der Waals surface area contributed by atoms with E-state index in [1.54, 1.807) is 15.8 Å². The second-order valence-electron chi connectivity index (χ2n) is 7.33. The number of likely N-dealkylation sites (tertiary alicyclic amines) is 1. The fourth-order valence-electron chi connectivity index (χ4n) is 3.75. The van der Waals surface area contributed by atoms with Crippen LogP contribution in [0.2, 0.25) is 0 Å². The van der Waals surface area contributed by atoms with E-state index in [1.807, 2.05) is 36.5 Å². The number of anilines is 1. The molecule has 0 spiro atoms. The molecule has 4 rings (SSSR count). The predicted octanol–water partition coefficient (Wildman–Crippen LogP) is 2.06. The summed E-state index contributed by atoms with van der Waals surface area (Å²) in [5.41, 5.74) is 7.52. The maximum atomic E-state index is 12.9. The number of nitrogens with zero attached hydrogens (tertiary/aromatic N) is 4. The normalized spacial score (nSPS) is 16.0. The van der Waals surface area contributed by atoms with Crippen LogP contribution in [0.15, 0.2) is 61.2 Å². The molecule has 1 fully saturated rings. The number of pyridine rings is 1. The summed E-state index contributed by atoms with van der Waals surface area (Å²) in [5, 5.41) is 6.74. The highest BCUT2D eigenvalue weighted by atomic mass is 16.2. The molecule has 9 nitrogen and oxygen atoms in total. The molecule has 1 aromatic carbocycles. The summed E-state index contributed by atoms with van der Waals surface area (Å²) in [6.07, 6.45) is 8.81. The molecule has 0 saturated carbocycles. The van der Waals surface area contributed by atoms with E-state index >= 15 is 0 Å². The monoisotopic (exact) mass is 418 g/mol. The number of amides is 3. The lowest BCUT2D eigenvalue weighted by molar-refractivity contribution is -0.145. The van der Waals surface area contributed by atoms with Gasteiger partial charge in [0.25, 0.3) is 0 Å². The Morgan fingerprint density at radius 1 is 1.10 bits per heavy atom. The Kier molecular flexibility index (Phi) is 5.74. The van der Waals surface area contributed by atoms with Crippen LogP contribution < -0.4 is 11.1 Å². The lowest BCUT2D eigenvalue weighted by atomic mass is 9.95. The smallest absolute Gasteiger partial charge is 0.313 e. The Morgan fingerprint density at radius 2 is 1.90 bits per heavy atom. The van der Waals surface area contributed by atoms with E-state index < -0.39 is 17.7 Å². The van der Waals surface area contributed by atoms with Crippen molar-refractivity contribution in [1.82, 2.24) is 19.7 Å². The molecule has 3 amide bonds. The quantitative estimate of drug-likeness (QED) is 0.628. The largest absolute Gasteiger partial charge is 0.366 e. The van der Waals surface area contributed by atoms with Gasteiger partial charge in [0.2, 0.25) is 5.91 Å². The molecule has 1 aliphatic rings. The average molecular weight is 418 g/mol. The van der Waals surface area contributed by atoms with E-state index in [2.05, 4.69) is 15.4 Å². The third-order valence-electron chi connectivity index (χ3n) is 5.29. The van der Waals surface area contributed by atoms with Gasteiger partial charge in [-0.25, -0.2) is 4.68 Å². The van der Waals surface area contributed by atoms with Gasteiger partial charge in [-0.3, -0.25) is 19.4 Å². The first-order valence-corrected chi connectivity index (χ1v) is 10.00. The highest BCUT2D eigenvalue weighted by molar-refractivity contribution is 6.39. The molecule has 9 heteroatoms. The van der Waals surface area contributed by atoms with Crippen molar-refractivity contribution >= 4 is 23.4 Å². The maximum absolute atomic E-state index is 12.9. The van der Waals surface area contributed by atoms with Crippen LogP contribution in [0.4, 0.5) is 5.69 Å². The van der Waals surface area contributed by atoms with E-state index in [-0.39, 0.29) is 17.3 Å². The van der Waals surface area contributed by atoms with Crippen molar-refractivity contribution in [3.63, 3.8) is 0 Å². The van der Waals surface area contributed by atoms with E-state index in [4.69, 9.17) is 5.73 Å². The zero-order valence-electron chi connectivity index (χ0n) is 16.8. The number of piperidine rings is 1.